The molecule has 2 N–H and O–H groups in total. The summed E-state index contributed by atoms with van der Waals surface area (Å²) in [7, 11) is 0. The fourth-order valence-electron chi connectivity index (χ4n) is 3.11. The molecule has 0 radical (unpaired) electrons. The van der Waals surface area contributed by atoms with Crippen LogP contribution in [-0.4, -0.2) is 22.1 Å². The van der Waals surface area contributed by atoms with Gasteiger partial charge in [0, 0.05) is 18.2 Å². The van der Waals surface area contributed by atoms with Gasteiger partial charge < -0.3 is 14.9 Å². The molecule has 160 valence electrons. The number of nitrogens with zero attached hydrogens (tertiary/aromatic N) is 1. The highest BCUT2D eigenvalue weighted by Crippen LogP contribution is 2.21. The fraction of sp³-hybridized carbons (Fsp3) is 0.240. The molecule has 2 aromatic carbocycles. The fourth-order valence-corrected chi connectivity index (χ4v) is 3.11. The largest absolute Gasteiger partial charge is 0.481 e. The van der Waals surface area contributed by atoms with Gasteiger partial charge in [-0.3, -0.25) is 9.59 Å². The number of aromatic nitrogens is 1. The molecule has 0 fully saturated rings. The molecule has 6 heteroatoms. The van der Waals surface area contributed by atoms with E-state index >= 15 is 0 Å². The molecule has 3 aromatic rings. The molecule has 0 saturated heterocycles. The molecule has 3 rings (SSSR count). The standard InChI is InChI=1S/C25H26N2O4/c1-2-20(25(29)30)11-7-6-8-18-12-14-21(15-13-18)23-16-22(27-31-23)24(28)26-17-19-9-4-3-5-10-19/h3-7,9-10,12-16,20H,2,8,11,17H2,1H3,(H,26,28)(H,29,30)/b7-6-. The molecule has 0 aliphatic carbocycles. The number of benzene rings is 2. The minimum absolute atomic E-state index is 0.238. The first-order valence-corrected chi connectivity index (χ1v) is 10.3. The van der Waals surface area contributed by atoms with E-state index in [0.717, 1.165) is 23.1 Å². The Hall–Kier alpha value is -3.67. The number of rotatable bonds is 10. The minimum atomic E-state index is -0.753. The van der Waals surface area contributed by atoms with Crippen LogP contribution in [0.1, 0.15) is 41.4 Å². The zero-order chi connectivity index (χ0) is 22.1. The van der Waals surface area contributed by atoms with Crippen molar-refractivity contribution in [3.8, 4) is 11.3 Å². The third kappa shape index (κ3) is 6.40. The Morgan fingerprint density at radius 3 is 2.48 bits per heavy atom. The van der Waals surface area contributed by atoms with Crippen LogP contribution < -0.4 is 5.32 Å². The predicted molar refractivity (Wildman–Crippen MR) is 118 cm³/mol. The van der Waals surface area contributed by atoms with Crippen molar-refractivity contribution in [3.05, 3.63) is 89.6 Å². The number of nitrogens with one attached hydrogen (secondary N) is 1. The van der Waals surface area contributed by atoms with Gasteiger partial charge in [0.2, 0.25) is 0 Å². The van der Waals surface area contributed by atoms with E-state index in [9.17, 15) is 9.59 Å². The van der Waals surface area contributed by atoms with Crippen molar-refractivity contribution < 1.29 is 19.2 Å². The zero-order valence-electron chi connectivity index (χ0n) is 17.5. The van der Waals surface area contributed by atoms with Crippen LogP contribution in [0.2, 0.25) is 0 Å². The molecule has 1 amide bonds. The highest BCUT2D eigenvalue weighted by Gasteiger charge is 2.14. The number of allylic oxidation sites excluding steroid dienone is 2. The SMILES string of the molecule is CCC(C/C=C\Cc1ccc(-c2cc(C(=O)NCc3ccccc3)no2)cc1)C(=O)O. The van der Waals surface area contributed by atoms with Crippen molar-refractivity contribution in [1.82, 2.24) is 10.5 Å². The molecule has 6 nitrogen and oxygen atoms in total. The van der Waals surface area contributed by atoms with Gasteiger partial charge in [-0.1, -0.05) is 78.8 Å². The molecular formula is C25H26N2O4. The highest BCUT2D eigenvalue weighted by atomic mass is 16.5. The van der Waals surface area contributed by atoms with Crippen LogP contribution in [0.4, 0.5) is 0 Å². The van der Waals surface area contributed by atoms with Crippen LogP contribution in [-0.2, 0) is 17.8 Å². The monoisotopic (exact) mass is 418 g/mol. The second-order valence-corrected chi connectivity index (χ2v) is 7.30. The zero-order valence-corrected chi connectivity index (χ0v) is 17.5. The summed E-state index contributed by atoms with van der Waals surface area (Å²) in [6.45, 7) is 2.31. The summed E-state index contributed by atoms with van der Waals surface area (Å²) >= 11 is 0. The Morgan fingerprint density at radius 1 is 1.06 bits per heavy atom. The highest BCUT2D eigenvalue weighted by molar-refractivity contribution is 5.93. The molecular weight excluding hydrogens is 392 g/mol. The van der Waals surface area contributed by atoms with Crippen molar-refractivity contribution in [2.75, 3.05) is 0 Å². The lowest BCUT2D eigenvalue weighted by Gasteiger charge is -2.05. The Morgan fingerprint density at radius 2 is 1.81 bits per heavy atom. The molecule has 0 aliphatic heterocycles. The average molecular weight is 418 g/mol. The lowest BCUT2D eigenvalue weighted by Crippen LogP contribution is -2.22. The summed E-state index contributed by atoms with van der Waals surface area (Å²) in [5.74, 6) is -0.840. The van der Waals surface area contributed by atoms with Crippen LogP contribution in [0.25, 0.3) is 11.3 Å². The number of hydrogen-bond donors (Lipinski definition) is 2. The Balaban J connectivity index is 1.53. The molecule has 0 spiro atoms. The summed E-state index contributed by atoms with van der Waals surface area (Å²) in [4.78, 5) is 23.3. The first-order valence-electron chi connectivity index (χ1n) is 10.3. The van der Waals surface area contributed by atoms with Gasteiger partial charge in [-0.15, -0.1) is 0 Å². The van der Waals surface area contributed by atoms with Crippen molar-refractivity contribution in [2.24, 2.45) is 5.92 Å². The minimum Gasteiger partial charge on any atom is -0.481 e. The van der Waals surface area contributed by atoms with Gasteiger partial charge in [0.05, 0.1) is 5.92 Å². The number of carboxylic acid groups (broad SMARTS) is 1. The van der Waals surface area contributed by atoms with E-state index in [0.29, 0.717) is 25.1 Å². The number of carboxylic acids is 1. The average Bonchev–Trinajstić information content (AvgIpc) is 3.29. The topological polar surface area (TPSA) is 92.4 Å². The quantitative estimate of drug-likeness (QED) is 0.458. The van der Waals surface area contributed by atoms with Crippen molar-refractivity contribution in [2.45, 2.75) is 32.7 Å². The van der Waals surface area contributed by atoms with E-state index in [1.165, 1.54) is 0 Å². The molecule has 0 aliphatic rings. The van der Waals surface area contributed by atoms with Crippen LogP contribution in [0.15, 0.2) is 77.3 Å². The number of carbonyl (C=O) groups excluding carboxylic acids is 1. The number of carbonyl (C=O) groups is 2. The van der Waals surface area contributed by atoms with Crippen molar-refractivity contribution >= 4 is 11.9 Å². The van der Waals surface area contributed by atoms with Crippen LogP contribution in [0.3, 0.4) is 0 Å². The summed E-state index contributed by atoms with van der Waals surface area (Å²) < 4.78 is 5.34. The smallest absolute Gasteiger partial charge is 0.306 e. The molecule has 1 heterocycles. The van der Waals surface area contributed by atoms with Gasteiger partial charge in [0.25, 0.3) is 5.91 Å². The van der Waals surface area contributed by atoms with Crippen LogP contribution in [0, 0.1) is 5.92 Å². The van der Waals surface area contributed by atoms with Gasteiger partial charge in [-0.25, -0.2) is 0 Å². The van der Waals surface area contributed by atoms with Gasteiger partial charge in [-0.05, 0) is 30.4 Å². The van der Waals surface area contributed by atoms with E-state index in [1.54, 1.807) is 6.07 Å². The summed E-state index contributed by atoms with van der Waals surface area (Å²) in [6.07, 6.45) is 5.80. The van der Waals surface area contributed by atoms with Crippen molar-refractivity contribution in [1.29, 1.82) is 0 Å². The Kier molecular flexibility index (Phi) is 7.76. The maximum absolute atomic E-state index is 12.3. The normalized spacial score (nSPS) is 12.0. The molecule has 0 bridgehead atoms. The molecule has 1 atom stereocenters. The van der Waals surface area contributed by atoms with Gasteiger partial charge in [0.15, 0.2) is 11.5 Å². The lowest BCUT2D eigenvalue weighted by molar-refractivity contribution is -0.141. The lowest BCUT2D eigenvalue weighted by atomic mass is 10.0. The van der Waals surface area contributed by atoms with Crippen molar-refractivity contribution in [3.63, 3.8) is 0 Å². The Bertz CT molecular complexity index is 1020. The summed E-state index contributed by atoms with van der Waals surface area (Å²) in [5, 5.41) is 15.8. The molecule has 31 heavy (non-hydrogen) atoms. The predicted octanol–water partition coefficient (Wildman–Crippen LogP) is 4.87. The van der Waals surface area contributed by atoms with Crippen LogP contribution >= 0.6 is 0 Å². The second kappa shape index (κ2) is 10.9. The van der Waals surface area contributed by atoms with E-state index in [1.807, 2.05) is 73.7 Å². The maximum atomic E-state index is 12.3. The van der Waals surface area contributed by atoms with Crippen LogP contribution in [0.5, 0.6) is 0 Å². The summed E-state index contributed by atoms with van der Waals surface area (Å²) in [5.41, 5.74) is 3.18. The number of hydrogen-bond acceptors (Lipinski definition) is 4. The maximum Gasteiger partial charge on any atom is 0.306 e. The molecule has 1 unspecified atom stereocenters. The van der Waals surface area contributed by atoms with Gasteiger partial charge in [-0.2, -0.15) is 0 Å². The molecule has 0 saturated carbocycles. The number of amides is 1. The second-order valence-electron chi connectivity index (χ2n) is 7.30. The third-order valence-electron chi connectivity index (χ3n) is 5.06. The Labute approximate surface area is 181 Å². The third-order valence-corrected chi connectivity index (χ3v) is 5.06. The van der Waals surface area contributed by atoms with E-state index in [2.05, 4.69) is 10.5 Å². The van der Waals surface area contributed by atoms with E-state index in [-0.39, 0.29) is 17.5 Å². The van der Waals surface area contributed by atoms with Gasteiger partial charge in [0.1, 0.15) is 0 Å². The van der Waals surface area contributed by atoms with E-state index < -0.39 is 5.97 Å². The number of aliphatic carboxylic acids is 1. The van der Waals surface area contributed by atoms with Gasteiger partial charge >= 0.3 is 5.97 Å². The first-order chi connectivity index (χ1) is 15.1. The molecule has 1 aromatic heterocycles. The summed E-state index contributed by atoms with van der Waals surface area (Å²) in [6, 6.07) is 19.1. The first kappa shape index (κ1) is 22.0. The van der Waals surface area contributed by atoms with E-state index in [4.69, 9.17) is 9.63 Å².